The molecule has 0 aliphatic carbocycles. The molecule has 0 spiro atoms. The van der Waals surface area contributed by atoms with Crippen LogP contribution < -0.4 is 0 Å². The smallest absolute Gasteiger partial charge is 0.305 e. The van der Waals surface area contributed by atoms with Crippen molar-refractivity contribution in [2.24, 2.45) is 9.98 Å². The van der Waals surface area contributed by atoms with Crippen LogP contribution in [0.1, 0.15) is 55.4 Å². The third-order valence-electron chi connectivity index (χ3n) is 4.83. The number of hydrogen-bond donors (Lipinski definition) is 0. The summed E-state index contributed by atoms with van der Waals surface area (Å²) in [6, 6.07) is 6.06. The first-order valence-electron chi connectivity index (χ1n) is 9.45. The molecule has 6 heteroatoms. The highest BCUT2D eigenvalue weighted by atomic mass is 16.5. The number of hydrogen-bond acceptors (Lipinski definition) is 5. The summed E-state index contributed by atoms with van der Waals surface area (Å²) in [6.45, 7) is 7.95. The SMILES string of the molecule is CC=N/C(=C\C)C1=N[C@@H](CCC(=O)OC)c2ncc(C)n2-c2ccc(C)cc21. The molecule has 0 saturated heterocycles. The zero-order chi connectivity index (χ0) is 20.3. The molecule has 3 rings (SSSR count). The Morgan fingerprint density at radius 3 is 2.79 bits per heavy atom. The van der Waals surface area contributed by atoms with Crippen LogP contribution in [0, 0.1) is 13.8 Å². The van der Waals surface area contributed by atoms with E-state index < -0.39 is 0 Å². The molecule has 1 aliphatic heterocycles. The molecule has 0 saturated carbocycles. The number of carbonyl (C=O) groups excluding carboxylic acids is 1. The zero-order valence-electron chi connectivity index (χ0n) is 17.1. The van der Waals surface area contributed by atoms with E-state index in [1.165, 1.54) is 7.11 Å². The normalized spacial score (nSPS) is 16.4. The predicted molar refractivity (Wildman–Crippen MR) is 111 cm³/mol. The number of fused-ring (bicyclic) bond motifs is 3. The summed E-state index contributed by atoms with van der Waals surface area (Å²) >= 11 is 0. The van der Waals surface area contributed by atoms with E-state index in [0.29, 0.717) is 6.42 Å². The molecule has 0 bridgehead atoms. The number of benzene rings is 1. The van der Waals surface area contributed by atoms with Gasteiger partial charge >= 0.3 is 5.97 Å². The lowest BCUT2D eigenvalue weighted by Crippen LogP contribution is -2.09. The maximum absolute atomic E-state index is 11.8. The lowest BCUT2D eigenvalue weighted by Gasteiger charge is -2.14. The van der Waals surface area contributed by atoms with Gasteiger partial charge in [-0.2, -0.15) is 0 Å². The summed E-state index contributed by atoms with van der Waals surface area (Å²) in [5.74, 6) is 0.583. The number of nitrogens with zero attached hydrogens (tertiary/aromatic N) is 4. The fraction of sp³-hybridized carbons (Fsp3) is 0.364. The Balaban J connectivity index is 2.24. The first-order chi connectivity index (χ1) is 13.5. The molecule has 0 radical (unpaired) electrons. The van der Waals surface area contributed by atoms with Gasteiger partial charge in [0, 0.05) is 30.1 Å². The van der Waals surface area contributed by atoms with E-state index in [1.54, 1.807) is 6.21 Å². The molecule has 1 aromatic carbocycles. The summed E-state index contributed by atoms with van der Waals surface area (Å²) in [6.07, 6.45) is 6.38. The molecule has 2 aromatic rings. The second-order valence-electron chi connectivity index (χ2n) is 6.78. The van der Waals surface area contributed by atoms with Gasteiger partial charge < -0.3 is 4.74 Å². The van der Waals surface area contributed by atoms with Crippen LogP contribution in [0.5, 0.6) is 0 Å². The van der Waals surface area contributed by atoms with Crippen molar-refractivity contribution < 1.29 is 9.53 Å². The van der Waals surface area contributed by atoms with Gasteiger partial charge in [0.25, 0.3) is 0 Å². The van der Waals surface area contributed by atoms with Crippen LogP contribution in [0.25, 0.3) is 5.69 Å². The highest BCUT2D eigenvalue weighted by Crippen LogP contribution is 2.34. The van der Waals surface area contributed by atoms with E-state index in [-0.39, 0.29) is 18.4 Å². The lowest BCUT2D eigenvalue weighted by atomic mass is 10.0. The van der Waals surface area contributed by atoms with Gasteiger partial charge in [-0.1, -0.05) is 17.7 Å². The van der Waals surface area contributed by atoms with E-state index in [0.717, 1.165) is 39.7 Å². The molecule has 0 N–H and O–H groups in total. The first kappa shape index (κ1) is 19.7. The van der Waals surface area contributed by atoms with Gasteiger partial charge in [-0.05, 0) is 46.2 Å². The molecule has 0 fully saturated rings. The minimum Gasteiger partial charge on any atom is -0.469 e. The van der Waals surface area contributed by atoms with Crippen LogP contribution >= 0.6 is 0 Å². The number of imidazole rings is 1. The standard InChI is InChI=1S/C22H26N4O2/c1-6-17(23-7-2)21-16-12-14(3)8-10-19(16)26-15(4)13-24-22(26)18(25-21)9-11-20(27)28-5/h6-8,10,12-13,18H,9,11H2,1-5H3/b17-6-,23-7?/t18-/m0/s1. The highest BCUT2D eigenvalue weighted by Gasteiger charge is 2.28. The van der Waals surface area contributed by atoms with Crippen molar-refractivity contribution in [3.05, 3.63) is 58.8 Å². The summed E-state index contributed by atoms with van der Waals surface area (Å²) in [5.41, 5.74) is 5.84. The Kier molecular flexibility index (Phi) is 5.87. The van der Waals surface area contributed by atoms with Gasteiger partial charge in [0.2, 0.25) is 0 Å². The van der Waals surface area contributed by atoms with Crippen molar-refractivity contribution >= 4 is 17.9 Å². The number of carbonyl (C=O) groups is 1. The highest BCUT2D eigenvalue weighted by molar-refractivity contribution is 6.15. The topological polar surface area (TPSA) is 68.8 Å². The van der Waals surface area contributed by atoms with Crippen molar-refractivity contribution in [1.82, 2.24) is 9.55 Å². The number of ether oxygens (including phenoxy) is 1. The van der Waals surface area contributed by atoms with Crippen LogP contribution in [-0.4, -0.2) is 34.6 Å². The fourth-order valence-corrected chi connectivity index (χ4v) is 3.49. The Hall–Kier alpha value is -3.02. The van der Waals surface area contributed by atoms with Crippen molar-refractivity contribution in [1.29, 1.82) is 0 Å². The number of aromatic nitrogens is 2. The van der Waals surface area contributed by atoms with Gasteiger partial charge in [0.1, 0.15) is 11.9 Å². The number of methoxy groups -OCH3 is 1. The van der Waals surface area contributed by atoms with E-state index >= 15 is 0 Å². The van der Waals surface area contributed by atoms with Crippen molar-refractivity contribution in [3.8, 4) is 5.69 Å². The van der Waals surface area contributed by atoms with Crippen LogP contribution in [-0.2, 0) is 9.53 Å². The summed E-state index contributed by atoms with van der Waals surface area (Å²) < 4.78 is 6.96. The maximum atomic E-state index is 11.8. The minimum absolute atomic E-state index is 0.248. The van der Waals surface area contributed by atoms with Gasteiger partial charge in [-0.3, -0.25) is 19.3 Å². The Morgan fingerprint density at radius 1 is 1.32 bits per heavy atom. The largest absolute Gasteiger partial charge is 0.469 e. The van der Waals surface area contributed by atoms with Crippen LogP contribution in [0.15, 0.2) is 46.2 Å². The third kappa shape index (κ3) is 3.67. The molecule has 146 valence electrons. The Labute approximate surface area is 165 Å². The summed E-state index contributed by atoms with van der Waals surface area (Å²) in [4.78, 5) is 26.0. The molecule has 0 amide bonds. The quantitative estimate of drug-likeness (QED) is 0.576. The summed E-state index contributed by atoms with van der Waals surface area (Å²) in [5, 5.41) is 0. The van der Waals surface area contributed by atoms with Crippen molar-refractivity contribution in [2.45, 2.75) is 46.6 Å². The second-order valence-corrected chi connectivity index (χ2v) is 6.78. The molecule has 2 heterocycles. The summed E-state index contributed by atoms with van der Waals surface area (Å²) in [7, 11) is 1.40. The Morgan fingerprint density at radius 2 is 2.11 bits per heavy atom. The number of allylic oxidation sites excluding steroid dienone is 2. The van der Waals surface area contributed by atoms with Gasteiger partial charge in [-0.15, -0.1) is 0 Å². The zero-order valence-corrected chi connectivity index (χ0v) is 17.1. The molecule has 1 aromatic heterocycles. The van der Waals surface area contributed by atoms with Crippen LogP contribution in [0.3, 0.4) is 0 Å². The number of aryl methyl sites for hydroxylation is 2. The number of aliphatic imine (C=N–C) groups is 2. The molecule has 0 unspecified atom stereocenters. The second kappa shape index (κ2) is 8.33. The van der Waals surface area contributed by atoms with E-state index in [1.807, 2.05) is 33.0 Å². The Bertz CT molecular complexity index is 982. The maximum Gasteiger partial charge on any atom is 0.305 e. The lowest BCUT2D eigenvalue weighted by molar-refractivity contribution is -0.140. The fourth-order valence-electron chi connectivity index (χ4n) is 3.49. The first-order valence-corrected chi connectivity index (χ1v) is 9.45. The average molecular weight is 378 g/mol. The molecule has 1 atom stereocenters. The monoisotopic (exact) mass is 378 g/mol. The van der Waals surface area contributed by atoms with E-state index in [9.17, 15) is 4.79 Å². The third-order valence-corrected chi connectivity index (χ3v) is 4.83. The molecular weight excluding hydrogens is 352 g/mol. The number of esters is 1. The van der Waals surface area contributed by atoms with E-state index in [2.05, 4.69) is 39.7 Å². The van der Waals surface area contributed by atoms with Gasteiger partial charge in [0.05, 0.1) is 24.2 Å². The van der Waals surface area contributed by atoms with Crippen LogP contribution in [0.2, 0.25) is 0 Å². The van der Waals surface area contributed by atoms with Crippen molar-refractivity contribution in [2.75, 3.05) is 7.11 Å². The number of rotatable bonds is 5. The molecule has 1 aliphatic rings. The molecule has 6 nitrogen and oxygen atoms in total. The average Bonchev–Trinajstić information content (AvgIpc) is 3.01. The van der Waals surface area contributed by atoms with Crippen LogP contribution in [0.4, 0.5) is 0 Å². The molecular formula is C22H26N4O2. The molecule has 28 heavy (non-hydrogen) atoms. The van der Waals surface area contributed by atoms with Gasteiger partial charge in [0.15, 0.2) is 0 Å². The van der Waals surface area contributed by atoms with Crippen molar-refractivity contribution in [3.63, 3.8) is 0 Å². The van der Waals surface area contributed by atoms with Gasteiger partial charge in [-0.25, -0.2) is 4.98 Å². The van der Waals surface area contributed by atoms with E-state index in [4.69, 9.17) is 9.73 Å². The predicted octanol–water partition coefficient (Wildman–Crippen LogP) is 4.28. The minimum atomic E-state index is -0.266.